The molecule has 1 atom stereocenters. The van der Waals surface area contributed by atoms with Crippen LogP contribution in [0.25, 0.3) is 0 Å². The molecule has 0 fully saturated rings. The molecular formula is C14H23BrN2. The number of benzene rings is 1. The maximum Gasteiger partial charge on any atom is 0.0481 e. The molecule has 2 N–H and O–H groups in total. The second-order valence-corrected chi connectivity index (χ2v) is 5.16. The van der Waals surface area contributed by atoms with Crippen molar-refractivity contribution < 1.29 is 0 Å². The summed E-state index contributed by atoms with van der Waals surface area (Å²) in [6.07, 6.45) is 2.34. The molecule has 1 unspecified atom stereocenters. The van der Waals surface area contributed by atoms with Gasteiger partial charge in [0.25, 0.3) is 0 Å². The Labute approximate surface area is 113 Å². The first-order valence-electron chi connectivity index (χ1n) is 6.43. The summed E-state index contributed by atoms with van der Waals surface area (Å²) in [5.41, 5.74) is 7.28. The van der Waals surface area contributed by atoms with Gasteiger partial charge in [0, 0.05) is 17.1 Å². The van der Waals surface area contributed by atoms with Crippen molar-refractivity contribution in [3.05, 3.63) is 34.3 Å². The van der Waals surface area contributed by atoms with Crippen molar-refractivity contribution >= 4 is 15.9 Å². The van der Waals surface area contributed by atoms with Crippen LogP contribution in [0.15, 0.2) is 28.7 Å². The monoisotopic (exact) mass is 298 g/mol. The van der Waals surface area contributed by atoms with Crippen LogP contribution in [0, 0.1) is 0 Å². The molecule has 1 aromatic rings. The number of halogens is 1. The first kappa shape index (κ1) is 14.7. The van der Waals surface area contributed by atoms with E-state index in [1.54, 1.807) is 0 Å². The number of hydrogen-bond acceptors (Lipinski definition) is 2. The normalized spacial score (nSPS) is 13.0. The third-order valence-corrected chi connectivity index (χ3v) is 3.67. The van der Waals surface area contributed by atoms with Crippen LogP contribution in [-0.4, -0.2) is 24.5 Å². The number of nitrogens with zero attached hydrogens (tertiary/aromatic N) is 1. The number of hydrogen-bond donors (Lipinski definition) is 1. The van der Waals surface area contributed by atoms with Gasteiger partial charge < -0.3 is 5.73 Å². The maximum atomic E-state index is 5.97. The summed E-state index contributed by atoms with van der Waals surface area (Å²) in [6.45, 7) is 7.32. The van der Waals surface area contributed by atoms with E-state index in [1.807, 2.05) is 6.07 Å². The molecule has 2 nitrogen and oxygen atoms in total. The molecule has 96 valence electrons. The summed E-state index contributed by atoms with van der Waals surface area (Å²) in [5.74, 6) is 0. The van der Waals surface area contributed by atoms with Gasteiger partial charge in [0.05, 0.1) is 0 Å². The van der Waals surface area contributed by atoms with Crippen molar-refractivity contribution in [3.8, 4) is 0 Å². The smallest absolute Gasteiger partial charge is 0.0481 e. The van der Waals surface area contributed by atoms with E-state index in [9.17, 15) is 0 Å². The lowest BCUT2D eigenvalue weighted by Gasteiger charge is -2.31. The van der Waals surface area contributed by atoms with E-state index in [-0.39, 0.29) is 0 Å². The highest BCUT2D eigenvalue weighted by Crippen LogP contribution is 2.27. The molecular weight excluding hydrogens is 276 g/mol. The standard InChI is InChI=1S/C14H23BrN2/c1-3-9-17(10-4-2)14(11-16)12-7-5-6-8-13(12)15/h5-8,14H,3-4,9-11,16H2,1-2H3. The van der Waals surface area contributed by atoms with Crippen LogP contribution in [0.4, 0.5) is 0 Å². The molecule has 0 saturated heterocycles. The topological polar surface area (TPSA) is 29.3 Å². The van der Waals surface area contributed by atoms with Gasteiger partial charge in [-0.2, -0.15) is 0 Å². The first-order valence-corrected chi connectivity index (χ1v) is 7.22. The molecule has 0 radical (unpaired) electrons. The van der Waals surface area contributed by atoms with Crippen LogP contribution < -0.4 is 5.73 Å². The Balaban J connectivity index is 2.91. The fraction of sp³-hybridized carbons (Fsp3) is 0.571. The summed E-state index contributed by atoms with van der Waals surface area (Å²) in [6, 6.07) is 8.71. The molecule has 0 aliphatic heterocycles. The molecule has 0 aromatic heterocycles. The first-order chi connectivity index (χ1) is 8.24. The van der Waals surface area contributed by atoms with Gasteiger partial charge in [0.2, 0.25) is 0 Å². The van der Waals surface area contributed by atoms with Crippen molar-refractivity contribution in [2.45, 2.75) is 32.7 Å². The molecule has 1 rings (SSSR count). The van der Waals surface area contributed by atoms with Crippen molar-refractivity contribution in [3.63, 3.8) is 0 Å². The minimum absolute atomic E-state index is 0.325. The summed E-state index contributed by atoms with van der Waals surface area (Å²) < 4.78 is 1.16. The van der Waals surface area contributed by atoms with Gasteiger partial charge in [0.15, 0.2) is 0 Å². The minimum atomic E-state index is 0.325. The summed E-state index contributed by atoms with van der Waals surface area (Å²) in [7, 11) is 0. The summed E-state index contributed by atoms with van der Waals surface area (Å²) in [5, 5.41) is 0. The second kappa shape index (κ2) is 7.85. The molecule has 0 spiro atoms. The van der Waals surface area contributed by atoms with Crippen LogP contribution in [0.2, 0.25) is 0 Å². The Morgan fingerprint density at radius 1 is 1.18 bits per heavy atom. The summed E-state index contributed by atoms with van der Waals surface area (Å²) >= 11 is 3.63. The molecule has 1 aromatic carbocycles. The van der Waals surface area contributed by atoms with E-state index in [2.05, 4.69) is 52.9 Å². The zero-order chi connectivity index (χ0) is 12.7. The van der Waals surface area contributed by atoms with E-state index in [0.717, 1.165) is 17.6 Å². The molecule has 0 heterocycles. The molecule has 0 aliphatic rings. The van der Waals surface area contributed by atoms with E-state index in [1.165, 1.54) is 18.4 Å². The third kappa shape index (κ3) is 4.09. The lowest BCUT2D eigenvalue weighted by atomic mass is 10.0. The van der Waals surface area contributed by atoms with Gasteiger partial charge in [-0.1, -0.05) is 48.0 Å². The molecule has 0 aliphatic carbocycles. The van der Waals surface area contributed by atoms with Gasteiger partial charge >= 0.3 is 0 Å². The van der Waals surface area contributed by atoms with E-state index >= 15 is 0 Å². The van der Waals surface area contributed by atoms with Gasteiger partial charge in [-0.25, -0.2) is 0 Å². The minimum Gasteiger partial charge on any atom is -0.329 e. The number of rotatable bonds is 7. The summed E-state index contributed by atoms with van der Waals surface area (Å²) in [4.78, 5) is 2.49. The molecule has 3 heteroatoms. The van der Waals surface area contributed by atoms with E-state index in [0.29, 0.717) is 12.6 Å². The van der Waals surface area contributed by atoms with E-state index < -0.39 is 0 Å². The highest BCUT2D eigenvalue weighted by molar-refractivity contribution is 9.10. The second-order valence-electron chi connectivity index (χ2n) is 4.31. The zero-order valence-electron chi connectivity index (χ0n) is 10.8. The van der Waals surface area contributed by atoms with Crippen molar-refractivity contribution in [1.82, 2.24) is 4.90 Å². The van der Waals surface area contributed by atoms with Crippen LogP contribution in [0.3, 0.4) is 0 Å². The predicted molar refractivity (Wildman–Crippen MR) is 78.1 cm³/mol. The van der Waals surface area contributed by atoms with Crippen molar-refractivity contribution in [2.75, 3.05) is 19.6 Å². The maximum absolute atomic E-state index is 5.97. The van der Waals surface area contributed by atoms with E-state index in [4.69, 9.17) is 5.73 Å². The van der Waals surface area contributed by atoms with Gasteiger partial charge in [0.1, 0.15) is 0 Å². The number of nitrogens with two attached hydrogens (primary N) is 1. The van der Waals surface area contributed by atoms with Crippen LogP contribution in [0.1, 0.15) is 38.3 Å². The fourth-order valence-electron chi connectivity index (χ4n) is 2.22. The van der Waals surface area contributed by atoms with Crippen LogP contribution in [-0.2, 0) is 0 Å². The van der Waals surface area contributed by atoms with Crippen LogP contribution in [0.5, 0.6) is 0 Å². The Bertz CT molecular complexity index is 322. The van der Waals surface area contributed by atoms with Crippen LogP contribution >= 0.6 is 15.9 Å². The Morgan fingerprint density at radius 3 is 2.24 bits per heavy atom. The molecule has 0 saturated carbocycles. The lowest BCUT2D eigenvalue weighted by molar-refractivity contribution is 0.201. The van der Waals surface area contributed by atoms with Gasteiger partial charge in [-0.05, 0) is 37.6 Å². The third-order valence-electron chi connectivity index (χ3n) is 2.95. The highest BCUT2D eigenvalue weighted by atomic mass is 79.9. The zero-order valence-corrected chi connectivity index (χ0v) is 12.4. The average molecular weight is 299 g/mol. The average Bonchev–Trinajstić information content (AvgIpc) is 2.33. The Hall–Kier alpha value is -0.380. The highest BCUT2D eigenvalue weighted by Gasteiger charge is 2.19. The lowest BCUT2D eigenvalue weighted by Crippen LogP contribution is -2.35. The predicted octanol–water partition coefficient (Wildman–Crippen LogP) is 3.57. The fourth-order valence-corrected chi connectivity index (χ4v) is 2.77. The van der Waals surface area contributed by atoms with Gasteiger partial charge in [-0.15, -0.1) is 0 Å². The SMILES string of the molecule is CCCN(CCC)C(CN)c1ccccc1Br. The molecule has 17 heavy (non-hydrogen) atoms. The largest absolute Gasteiger partial charge is 0.329 e. The molecule has 0 bridgehead atoms. The van der Waals surface area contributed by atoms with Crippen molar-refractivity contribution in [2.24, 2.45) is 5.73 Å². The Morgan fingerprint density at radius 2 is 1.76 bits per heavy atom. The van der Waals surface area contributed by atoms with Crippen molar-refractivity contribution in [1.29, 1.82) is 0 Å². The quantitative estimate of drug-likeness (QED) is 0.834. The molecule has 0 amide bonds. The van der Waals surface area contributed by atoms with Gasteiger partial charge in [-0.3, -0.25) is 4.90 Å². The Kier molecular flexibility index (Phi) is 6.78.